The third-order valence-electron chi connectivity index (χ3n) is 5.09. The summed E-state index contributed by atoms with van der Waals surface area (Å²) in [7, 11) is -3.00. The minimum Gasteiger partial charge on any atom is -0.384 e. The highest BCUT2D eigenvalue weighted by Crippen LogP contribution is 2.47. The van der Waals surface area contributed by atoms with Crippen LogP contribution in [0.15, 0.2) is 18.2 Å². The van der Waals surface area contributed by atoms with Crippen LogP contribution in [0.5, 0.6) is 0 Å². The van der Waals surface area contributed by atoms with Crippen molar-refractivity contribution < 1.29 is 13.2 Å². The van der Waals surface area contributed by atoms with Gasteiger partial charge in [0.05, 0.1) is 11.0 Å². The van der Waals surface area contributed by atoms with Crippen LogP contribution in [0.1, 0.15) is 48.5 Å². The molecule has 1 saturated heterocycles. The van der Waals surface area contributed by atoms with Gasteiger partial charge in [0, 0.05) is 23.2 Å². The topological polar surface area (TPSA) is 89.3 Å². The summed E-state index contributed by atoms with van der Waals surface area (Å²) >= 11 is 0. The van der Waals surface area contributed by atoms with Gasteiger partial charge in [-0.2, -0.15) is 0 Å². The maximum Gasteiger partial charge on any atom is 0.248 e. The predicted octanol–water partition coefficient (Wildman–Crippen LogP) is 1.83. The van der Waals surface area contributed by atoms with E-state index in [4.69, 9.17) is 5.73 Å². The molecule has 0 radical (unpaired) electrons. The molecule has 2 aliphatic heterocycles. The first-order chi connectivity index (χ1) is 10.4. The molecule has 3 rings (SSSR count). The SMILES string of the molecule is CCCC1CC2(CCS1(=O)=O)CNc1ccc(C(N)=O)cc12. The molecule has 0 aromatic heterocycles. The van der Waals surface area contributed by atoms with E-state index in [1.54, 1.807) is 6.07 Å². The van der Waals surface area contributed by atoms with E-state index in [0.29, 0.717) is 24.8 Å². The van der Waals surface area contributed by atoms with Gasteiger partial charge in [0.25, 0.3) is 0 Å². The van der Waals surface area contributed by atoms with Crippen molar-refractivity contribution in [3.05, 3.63) is 29.3 Å². The highest BCUT2D eigenvalue weighted by atomic mass is 32.2. The number of carbonyl (C=O) groups is 1. The van der Waals surface area contributed by atoms with Crippen LogP contribution in [0.2, 0.25) is 0 Å². The summed E-state index contributed by atoms with van der Waals surface area (Å²) in [5.41, 5.74) is 7.74. The first-order valence-electron chi connectivity index (χ1n) is 7.78. The van der Waals surface area contributed by atoms with E-state index in [1.807, 2.05) is 19.1 Å². The molecular weight excluding hydrogens is 300 g/mol. The summed E-state index contributed by atoms with van der Waals surface area (Å²) < 4.78 is 24.6. The summed E-state index contributed by atoms with van der Waals surface area (Å²) in [6.45, 7) is 2.75. The van der Waals surface area contributed by atoms with E-state index in [1.165, 1.54) is 0 Å². The van der Waals surface area contributed by atoms with Gasteiger partial charge in [-0.1, -0.05) is 13.3 Å². The van der Waals surface area contributed by atoms with Crippen LogP contribution < -0.4 is 11.1 Å². The van der Waals surface area contributed by atoms with Gasteiger partial charge in [-0.25, -0.2) is 8.42 Å². The van der Waals surface area contributed by atoms with Crippen molar-refractivity contribution in [2.24, 2.45) is 5.73 Å². The average Bonchev–Trinajstić information content (AvgIpc) is 2.82. The molecule has 6 heteroatoms. The Morgan fingerprint density at radius 2 is 2.23 bits per heavy atom. The first-order valence-corrected chi connectivity index (χ1v) is 9.49. The first kappa shape index (κ1) is 15.3. The predicted molar refractivity (Wildman–Crippen MR) is 86.8 cm³/mol. The van der Waals surface area contributed by atoms with Crippen LogP contribution >= 0.6 is 0 Å². The maximum absolute atomic E-state index is 12.3. The molecule has 3 N–H and O–H groups in total. The quantitative estimate of drug-likeness (QED) is 0.888. The number of hydrogen-bond acceptors (Lipinski definition) is 4. The van der Waals surface area contributed by atoms with Crippen molar-refractivity contribution in [3.63, 3.8) is 0 Å². The normalized spacial score (nSPS) is 29.0. The molecule has 2 heterocycles. The maximum atomic E-state index is 12.3. The van der Waals surface area contributed by atoms with Gasteiger partial charge in [-0.05, 0) is 43.0 Å². The minimum atomic E-state index is -3.00. The summed E-state index contributed by atoms with van der Waals surface area (Å²) in [5, 5.41) is 3.09. The van der Waals surface area contributed by atoms with Crippen LogP contribution in [0, 0.1) is 0 Å². The molecule has 1 fully saturated rings. The number of primary amides is 1. The lowest BCUT2D eigenvalue weighted by Crippen LogP contribution is -2.44. The zero-order chi connectivity index (χ0) is 16.0. The third-order valence-corrected chi connectivity index (χ3v) is 7.29. The number of sulfone groups is 1. The van der Waals surface area contributed by atoms with Gasteiger partial charge in [-0.15, -0.1) is 0 Å². The van der Waals surface area contributed by atoms with Crippen molar-refractivity contribution in [1.82, 2.24) is 0 Å². The second-order valence-corrected chi connectivity index (χ2v) is 8.89. The number of nitrogens with one attached hydrogen (secondary N) is 1. The van der Waals surface area contributed by atoms with Crippen molar-refractivity contribution in [2.75, 3.05) is 17.6 Å². The van der Waals surface area contributed by atoms with Crippen LogP contribution in [-0.2, 0) is 15.3 Å². The number of fused-ring (bicyclic) bond motifs is 2. The summed E-state index contributed by atoms with van der Waals surface area (Å²) in [6, 6.07) is 5.44. The van der Waals surface area contributed by atoms with Crippen LogP contribution in [-0.4, -0.2) is 31.9 Å². The van der Waals surface area contributed by atoms with Crippen LogP contribution in [0.4, 0.5) is 5.69 Å². The highest BCUT2D eigenvalue weighted by molar-refractivity contribution is 7.92. The monoisotopic (exact) mass is 322 g/mol. The number of hydrogen-bond donors (Lipinski definition) is 2. The van der Waals surface area contributed by atoms with E-state index in [9.17, 15) is 13.2 Å². The molecule has 1 spiro atoms. The van der Waals surface area contributed by atoms with E-state index >= 15 is 0 Å². The molecule has 120 valence electrons. The highest BCUT2D eigenvalue weighted by Gasteiger charge is 2.47. The molecule has 1 amide bonds. The third kappa shape index (κ3) is 2.39. The number of nitrogens with two attached hydrogens (primary N) is 1. The van der Waals surface area contributed by atoms with E-state index in [2.05, 4.69) is 5.32 Å². The van der Waals surface area contributed by atoms with Crippen LogP contribution in [0.3, 0.4) is 0 Å². The fourth-order valence-corrected chi connectivity index (χ4v) is 6.00. The second-order valence-electron chi connectivity index (χ2n) is 6.49. The minimum absolute atomic E-state index is 0.189. The van der Waals surface area contributed by atoms with Crippen molar-refractivity contribution >= 4 is 21.4 Å². The van der Waals surface area contributed by atoms with Gasteiger partial charge in [-0.3, -0.25) is 4.79 Å². The number of benzene rings is 1. The van der Waals surface area contributed by atoms with Crippen molar-refractivity contribution in [2.45, 2.75) is 43.3 Å². The Kier molecular flexibility index (Phi) is 3.67. The van der Waals surface area contributed by atoms with Gasteiger partial charge in [0.15, 0.2) is 9.84 Å². The molecule has 2 atom stereocenters. The molecule has 1 aromatic rings. The number of amides is 1. The fraction of sp³-hybridized carbons (Fsp3) is 0.562. The molecule has 0 saturated carbocycles. The Balaban J connectivity index is 2.00. The molecular formula is C16H22N2O3S. The smallest absolute Gasteiger partial charge is 0.248 e. The van der Waals surface area contributed by atoms with Crippen molar-refractivity contribution in [3.8, 4) is 0 Å². The molecule has 5 nitrogen and oxygen atoms in total. The van der Waals surface area contributed by atoms with E-state index in [0.717, 1.165) is 24.2 Å². The zero-order valence-electron chi connectivity index (χ0n) is 12.8. The Bertz CT molecular complexity index is 714. The second kappa shape index (κ2) is 5.26. The molecule has 2 aliphatic rings. The molecule has 0 bridgehead atoms. The van der Waals surface area contributed by atoms with Gasteiger partial charge in [0.1, 0.15) is 0 Å². The molecule has 1 aromatic carbocycles. The number of anilines is 1. The Labute approximate surface area is 131 Å². The lowest BCUT2D eigenvalue weighted by molar-refractivity contribution is 0.1000. The zero-order valence-corrected chi connectivity index (χ0v) is 13.6. The lowest BCUT2D eigenvalue weighted by atomic mass is 9.74. The fourth-order valence-electron chi connectivity index (χ4n) is 3.83. The number of rotatable bonds is 3. The lowest BCUT2D eigenvalue weighted by Gasteiger charge is -2.38. The van der Waals surface area contributed by atoms with Crippen LogP contribution in [0.25, 0.3) is 0 Å². The Morgan fingerprint density at radius 3 is 2.91 bits per heavy atom. The summed E-state index contributed by atoms with van der Waals surface area (Å²) in [5.74, 6) is -0.224. The van der Waals surface area contributed by atoms with E-state index in [-0.39, 0.29) is 16.4 Å². The molecule has 2 unspecified atom stereocenters. The standard InChI is InChI=1S/C16H22N2O3S/c1-2-3-12-9-16(6-7-22(12,20)21)10-18-14-5-4-11(15(17)19)8-13(14)16/h4-5,8,12,18H,2-3,6-7,9-10H2,1H3,(H2,17,19). The van der Waals surface area contributed by atoms with Gasteiger partial charge >= 0.3 is 0 Å². The van der Waals surface area contributed by atoms with Gasteiger partial charge in [0.2, 0.25) is 5.91 Å². The summed E-state index contributed by atoms with van der Waals surface area (Å²) in [4.78, 5) is 11.4. The van der Waals surface area contributed by atoms with E-state index < -0.39 is 15.7 Å². The Hall–Kier alpha value is -1.56. The summed E-state index contributed by atoms with van der Waals surface area (Å²) in [6.07, 6.45) is 2.81. The average molecular weight is 322 g/mol. The van der Waals surface area contributed by atoms with Crippen molar-refractivity contribution in [1.29, 1.82) is 0 Å². The largest absolute Gasteiger partial charge is 0.384 e. The molecule has 0 aliphatic carbocycles. The van der Waals surface area contributed by atoms with Gasteiger partial charge < -0.3 is 11.1 Å². The Morgan fingerprint density at radius 1 is 1.45 bits per heavy atom. The molecule has 22 heavy (non-hydrogen) atoms. The number of carbonyl (C=O) groups excluding carboxylic acids is 1.